The summed E-state index contributed by atoms with van der Waals surface area (Å²) < 4.78 is 15.5. The maximum Gasteiger partial charge on any atom is 0.408 e. The number of carbonyl (C=O) groups excluding carboxylic acids is 2. The molecular weight excluding hydrogens is 286 g/mol. The van der Waals surface area contributed by atoms with Crippen molar-refractivity contribution in [1.29, 1.82) is 0 Å². The minimum absolute atomic E-state index is 0.187. The lowest BCUT2D eigenvalue weighted by atomic mass is 10.2. The molecule has 0 aromatic heterocycles. The minimum Gasteiger partial charge on any atom is -0.462 e. The van der Waals surface area contributed by atoms with Crippen molar-refractivity contribution in [3.8, 4) is 0 Å². The van der Waals surface area contributed by atoms with Gasteiger partial charge in [-0.3, -0.25) is 0 Å². The number of carbonyl (C=O) groups is 2. The summed E-state index contributed by atoms with van der Waals surface area (Å²) in [6, 6.07) is -0.751. The van der Waals surface area contributed by atoms with Gasteiger partial charge in [0, 0.05) is 6.61 Å². The fourth-order valence-electron chi connectivity index (χ4n) is 1.60. The van der Waals surface area contributed by atoms with Crippen LogP contribution in [-0.4, -0.2) is 43.5 Å². The van der Waals surface area contributed by atoms with Crippen LogP contribution in [0.15, 0.2) is 0 Å². The monoisotopic (exact) mass is 317 g/mol. The summed E-state index contributed by atoms with van der Waals surface area (Å²) in [6.07, 6.45) is 3.96. The second-order valence-electron chi connectivity index (χ2n) is 6.21. The Balaban J connectivity index is 3.68. The summed E-state index contributed by atoms with van der Waals surface area (Å²) in [7, 11) is 0. The quantitative estimate of drug-likeness (QED) is 0.495. The molecule has 1 N–H and O–H groups in total. The summed E-state index contributed by atoms with van der Waals surface area (Å²) in [5.41, 5.74) is -0.598. The zero-order valence-electron chi connectivity index (χ0n) is 14.6. The number of hydrogen-bond acceptors (Lipinski definition) is 5. The number of nitrogens with one attached hydrogen (secondary N) is 1. The Morgan fingerprint density at radius 1 is 1.05 bits per heavy atom. The van der Waals surface area contributed by atoms with E-state index in [1.54, 1.807) is 27.7 Å². The molecule has 1 amide bonds. The molecule has 0 aliphatic carbocycles. The number of amides is 1. The summed E-state index contributed by atoms with van der Waals surface area (Å²) >= 11 is 0. The first kappa shape index (κ1) is 20.7. The van der Waals surface area contributed by atoms with Crippen LogP contribution >= 0.6 is 0 Å². The Morgan fingerprint density at radius 3 is 2.32 bits per heavy atom. The van der Waals surface area contributed by atoms with Gasteiger partial charge in [0.05, 0.1) is 6.61 Å². The normalized spacial score (nSPS) is 12.6. The molecule has 0 saturated heterocycles. The van der Waals surface area contributed by atoms with Gasteiger partial charge in [0.15, 0.2) is 0 Å². The topological polar surface area (TPSA) is 73.9 Å². The van der Waals surface area contributed by atoms with E-state index in [2.05, 4.69) is 12.2 Å². The van der Waals surface area contributed by atoms with Crippen molar-refractivity contribution in [1.82, 2.24) is 5.32 Å². The molecule has 0 unspecified atom stereocenters. The van der Waals surface area contributed by atoms with Crippen LogP contribution in [0.3, 0.4) is 0 Å². The largest absolute Gasteiger partial charge is 0.462 e. The lowest BCUT2D eigenvalue weighted by molar-refractivity contribution is -0.147. The van der Waals surface area contributed by atoms with E-state index in [-0.39, 0.29) is 6.61 Å². The van der Waals surface area contributed by atoms with Crippen LogP contribution in [0.2, 0.25) is 0 Å². The Morgan fingerprint density at radius 2 is 1.73 bits per heavy atom. The first-order valence-electron chi connectivity index (χ1n) is 8.00. The lowest BCUT2D eigenvalue weighted by Crippen LogP contribution is -2.42. The van der Waals surface area contributed by atoms with E-state index in [0.29, 0.717) is 13.2 Å². The smallest absolute Gasteiger partial charge is 0.408 e. The van der Waals surface area contributed by atoms with Gasteiger partial charge in [-0.2, -0.15) is 0 Å². The average Bonchev–Trinajstić information content (AvgIpc) is 2.39. The van der Waals surface area contributed by atoms with Gasteiger partial charge in [-0.15, -0.1) is 0 Å². The highest BCUT2D eigenvalue weighted by molar-refractivity contribution is 5.80. The Hall–Kier alpha value is -1.30. The summed E-state index contributed by atoms with van der Waals surface area (Å²) in [5, 5.41) is 2.43. The van der Waals surface area contributed by atoms with Gasteiger partial charge in [-0.25, -0.2) is 9.59 Å². The van der Waals surface area contributed by atoms with Crippen molar-refractivity contribution in [2.24, 2.45) is 0 Å². The molecule has 6 nitrogen and oxygen atoms in total. The molecule has 0 saturated carbocycles. The van der Waals surface area contributed by atoms with Gasteiger partial charge < -0.3 is 19.5 Å². The fourth-order valence-corrected chi connectivity index (χ4v) is 1.60. The highest BCUT2D eigenvalue weighted by atomic mass is 16.6. The Labute approximate surface area is 133 Å². The minimum atomic E-state index is -0.751. The third-order valence-electron chi connectivity index (χ3n) is 2.70. The van der Waals surface area contributed by atoms with Crippen LogP contribution < -0.4 is 5.32 Å². The molecule has 130 valence electrons. The first-order chi connectivity index (χ1) is 10.3. The predicted octanol–water partition coefficient (Wildman–Crippen LogP) is 3.04. The van der Waals surface area contributed by atoms with Gasteiger partial charge in [0.1, 0.15) is 18.2 Å². The number of rotatable bonds is 10. The van der Waals surface area contributed by atoms with Gasteiger partial charge >= 0.3 is 12.1 Å². The van der Waals surface area contributed by atoms with Crippen molar-refractivity contribution < 1.29 is 23.8 Å². The predicted molar refractivity (Wildman–Crippen MR) is 84.8 cm³/mol. The number of ether oxygens (including phenoxy) is 3. The van der Waals surface area contributed by atoms with E-state index >= 15 is 0 Å². The molecule has 0 rings (SSSR count). The first-order valence-corrected chi connectivity index (χ1v) is 8.00. The zero-order valence-corrected chi connectivity index (χ0v) is 14.6. The second kappa shape index (κ2) is 11.3. The van der Waals surface area contributed by atoms with E-state index in [0.717, 1.165) is 12.8 Å². The lowest BCUT2D eigenvalue weighted by Gasteiger charge is -2.21. The summed E-state index contributed by atoms with van der Waals surface area (Å²) in [4.78, 5) is 23.2. The summed E-state index contributed by atoms with van der Waals surface area (Å²) in [5.74, 6) is -0.500. The highest BCUT2D eigenvalue weighted by Crippen LogP contribution is 2.06. The Bertz CT molecular complexity index is 325. The number of alkyl carbamates (subject to hydrolysis) is 1. The molecule has 22 heavy (non-hydrogen) atoms. The molecule has 0 spiro atoms. The molecule has 0 heterocycles. The van der Waals surface area contributed by atoms with E-state index < -0.39 is 23.7 Å². The molecule has 6 heteroatoms. The molecule has 0 aromatic rings. The molecule has 0 bridgehead atoms. The summed E-state index contributed by atoms with van der Waals surface area (Å²) in [6.45, 7) is 10.2. The van der Waals surface area contributed by atoms with E-state index in [1.807, 2.05) is 0 Å². The van der Waals surface area contributed by atoms with E-state index in [1.165, 1.54) is 12.8 Å². The molecule has 0 aromatic carbocycles. The molecule has 0 radical (unpaired) electrons. The maximum atomic E-state index is 11.7. The van der Waals surface area contributed by atoms with Crippen LogP contribution in [0, 0.1) is 0 Å². The molecular formula is C16H31NO5. The third-order valence-corrected chi connectivity index (χ3v) is 2.70. The van der Waals surface area contributed by atoms with Crippen molar-refractivity contribution in [3.05, 3.63) is 0 Å². The van der Waals surface area contributed by atoms with Crippen LogP contribution in [0.25, 0.3) is 0 Å². The standard InChI is InChI=1S/C16H31NO5/c1-6-7-8-9-10-20-11-12-21-14(18)13(2)17-15(19)22-16(3,4)5/h13H,6-12H2,1-5H3,(H,17,19)/t13-/m0/s1. The molecule has 0 aliphatic heterocycles. The van der Waals surface area contributed by atoms with E-state index in [9.17, 15) is 9.59 Å². The van der Waals surface area contributed by atoms with Crippen LogP contribution in [0.5, 0.6) is 0 Å². The SMILES string of the molecule is CCCCCCOCCOC(=O)[C@H](C)NC(=O)OC(C)(C)C. The third kappa shape index (κ3) is 12.4. The van der Waals surface area contributed by atoms with Gasteiger partial charge in [-0.1, -0.05) is 26.2 Å². The van der Waals surface area contributed by atoms with Crippen molar-refractivity contribution in [3.63, 3.8) is 0 Å². The van der Waals surface area contributed by atoms with Crippen LogP contribution in [0.1, 0.15) is 60.3 Å². The number of hydrogen-bond donors (Lipinski definition) is 1. The van der Waals surface area contributed by atoms with Gasteiger partial charge in [0.2, 0.25) is 0 Å². The molecule has 0 aliphatic rings. The van der Waals surface area contributed by atoms with Crippen molar-refractivity contribution in [2.75, 3.05) is 19.8 Å². The van der Waals surface area contributed by atoms with Crippen LogP contribution in [-0.2, 0) is 19.0 Å². The Kier molecular flexibility index (Phi) is 10.6. The van der Waals surface area contributed by atoms with E-state index in [4.69, 9.17) is 14.2 Å². The highest BCUT2D eigenvalue weighted by Gasteiger charge is 2.21. The molecule has 0 fully saturated rings. The molecule has 1 atom stereocenters. The maximum absolute atomic E-state index is 11.7. The zero-order chi connectivity index (χ0) is 17.0. The van der Waals surface area contributed by atoms with Crippen molar-refractivity contribution >= 4 is 12.1 Å². The van der Waals surface area contributed by atoms with Crippen LogP contribution in [0.4, 0.5) is 4.79 Å². The number of esters is 1. The van der Waals surface area contributed by atoms with Crippen molar-refractivity contribution in [2.45, 2.75) is 71.9 Å². The fraction of sp³-hybridized carbons (Fsp3) is 0.875. The van der Waals surface area contributed by atoms with Gasteiger partial charge in [0.25, 0.3) is 0 Å². The van der Waals surface area contributed by atoms with Gasteiger partial charge in [-0.05, 0) is 34.1 Å². The average molecular weight is 317 g/mol. The number of unbranched alkanes of at least 4 members (excludes halogenated alkanes) is 3. The second-order valence-corrected chi connectivity index (χ2v) is 6.21.